The lowest BCUT2D eigenvalue weighted by molar-refractivity contribution is 0.0720. The molecule has 1 N–H and O–H groups in total. The molecule has 25 heavy (non-hydrogen) atoms. The molecule has 2 amide bonds. The Morgan fingerprint density at radius 2 is 2.16 bits per heavy atom. The van der Waals surface area contributed by atoms with E-state index in [0.29, 0.717) is 0 Å². The van der Waals surface area contributed by atoms with Crippen molar-refractivity contribution >= 4 is 6.03 Å². The smallest absolute Gasteiger partial charge is 0.317 e. The predicted molar refractivity (Wildman–Crippen MR) is 97.4 cm³/mol. The van der Waals surface area contributed by atoms with E-state index in [0.717, 1.165) is 57.7 Å². The number of carbonyl (C=O) groups excluding carboxylic acids is 1. The van der Waals surface area contributed by atoms with Gasteiger partial charge in [-0.05, 0) is 38.3 Å². The summed E-state index contributed by atoms with van der Waals surface area (Å²) >= 11 is 0. The molecule has 0 aromatic carbocycles. The fourth-order valence-corrected chi connectivity index (χ4v) is 3.75. The van der Waals surface area contributed by atoms with E-state index in [1.165, 1.54) is 0 Å². The van der Waals surface area contributed by atoms with Gasteiger partial charge in [0.1, 0.15) is 0 Å². The molecule has 3 atom stereocenters. The van der Waals surface area contributed by atoms with Gasteiger partial charge in [-0.3, -0.25) is 9.88 Å². The van der Waals surface area contributed by atoms with E-state index in [1.807, 2.05) is 23.2 Å². The summed E-state index contributed by atoms with van der Waals surface area (Å²) in [4.78, 5) is 21.4. The van der Waals surface area contributed by atoms with Gasteiger partial charge in [-0.25, -0.2) is 4.79 Å². The van der Waals surface area contributed by atoms with E-state index in [-0.39, 0.29) is 24.2 Å². The molecular weight excluding hydrogens is 316 g/mol. The first-order valence-electron chi connectivity index (χ1n) is 9.51. The molecule has 2 aliphatic heterocycles. The minimum Gasteiger partial charge on any atom is -0.376 e. The van der Waals surface area contributed by atoms with E-state index in [4.69, 9.17) is 4.74 Å². The van der Waals surface area contributed by atoms with Crippen LogP contribution >= 0.6 is 0 Å². The number of ether oxygens (including phenoxy) is 1. The first-order valence-corrected chi connectivity index (χ1v) is 9.51. The van der Waals surface area contributed by atoms with E-state index in [1.54, 1.807) is 0 Å². The van der Waals surface area contributed by atoms with Gasteiger partial charge in [-0.2, -0.15) is 0 Å². The molecule has 0 saturated carbocycles. The molecule has 2 saturated heterocycles. The van der Waals surface area contributed by atoms with Crippen LogP contribution in [0.15, 0.2) is 24.4 Å². The maximum atomic E-state index is 12.6. The Kier molecular flexibility index (Phi) is 6.26. The highest BCUT2D eigenvalue weighted by atomic mass is 16.5. The Balaban J connectivity index is 1.48. The van der Waals surface area contributed by atoms with Crippen molar-refractivity contribution in [1.29, 1.82) is 0 Å². The summed E-state index contributed by atoms with van der Waals surface area (Å²) in [5.41, 5.74) is 1.09. The second kappa shape index (κ2) is 8.63. The molecule has 2 fully saturated rings. The van der Waals surface area contributed by atoms with Crippen molar-refractivity contribution in [1.82, 2.24) is 20.1 Å². The molecule has 0 aliphatic carbocycles. The molecule has 6 heteroatoms. The van der Waals surface area contributed by atoms with Crippen LogP contribution in [0, 0.1) is 0 Å². The third-order valence-corrected chi connectivity index (χ3v) is 5.43. The number of nitrogens with one attached hydrogen (secondary N) is 1. The number of carbonyl (C=O) groups is 1. The number of aromatic nitrogens is 1. The van der Waals surface area contributed by atoms with Crippen LogP contribution in [-0.2, 0) is 4.74 Å². The summed E-state index contributed by atoms with van der Waals surface area (Å²) in [6.07, 6.45) is 5.08. The van der Waals surface area contributed by atoms with E-state index >= 15 is 0 Å². The molecule has 138 valence electrons. The van der Waals surface area contributed by atoms with Crippen LogP contribution in [0.3, 0.4) is 0 Å². The van der Waals surface area contributed by atoms with Crippen LogP contribution in [0.25, 0.3) is 0 Å². The highest BCUT2D eigenvalue weighted by Crippen LogP contribution is 2.20. The molecule has 0 bridgehead atoms. The molecule has 0 spiro atoms. The minimum absolute atomic E-state index is 0.0486. The average molecular weight is 346 g/mol. The molecule has 0 unspecified atom stereocenters. The lowest BCUT2D eigenvalue weighted by Crippen LogP contribution is -2.55. The van der Waals surface area contributed by atoms with E-state index in [9.17, 15) is 4.79 Å². The third kappa shape index (κ3) is 4.50. The third-order valence-electron chi connectivity index (χ3n) is 5.43. The Morgan fingerprint density at radius 3 is 2.76 bits per heavy atom. The minimum atomic E-state index is 0.0486. The molecule has 3 rings (SSSR count). The fourth-order valence-electron chi connectivity index (χ4n) is 3.75. The normalized spacial score (nSPS) is 24.1. The van der Waals surface area contributed by atoms with Gasteiger partial charge >= 0.3 is 6.03 Å². The summed E-state index contributed by atoms with van der Waals surface area (Å²) in [6, 6.07) is 6.49. The summed E-state index contributed by atoms with van der Waals surface area (Å²) in [5.74, 6) is 0. The van der Waals surface area contributed by atoms with Crippen LogP contribution in [0.1, 0.15) is 44.8 Å². The molecule has 6 nitrogen and oxygen atoms in total. The second-order valence-electron chi connectivity index (χ2n) is 6.97. The van der Waals surface area contributed by atoms with Crippen molar-refractivity contribution in [3.63, 3.8) is 0 Å². The number of hydrogen-bond acceptors (Lipinski definition) is 4. The van der Waals surface area contributed by atoms with Gasteiger partial charge in [-0.15, -0.1) is 0 Å². The largest absolute Gasteiger partial charge is 0.376 e. The van der Waals surface area contributed by atoms with Crippen molar-refractivity contribution in [3.05, 3.63) is 30.1 Å². The number of urea groups is 1. The van der Waals surface area contributed by atoms with Crippen molar-refractivity contribution in [3.8, 4) is 0 Å². The summed E-state index contributed by atoms with van der Waals surface area (Å²) in [6.45, 7) is 8.38. The van der Waals surface area contributed by atoms with Crippen molar-refractivity contribution in [2.45, 2.75) is 51.3 Å². The van der Waals surface area contributed by atoms with Gasteiger partial charge in [-0.1, -0.05) is 13.0 Å². The number of pyridine rings is 1. The monoisotopic (exact) mass is 346 g/mol. The van der Waals surface area contributed by atoms with Crippen LogP contribution in [0.2, 0.25) is 0 Å². The fraction of sp³-hybridized carbons (Fsp3) is 0.684. The Hall–Kier alpha value is -1.66. The van der Waals surface area contributed by atoms with Crippen LogP contribution in [0.5, 0.6) is 0 Å². The molecule has 1 aromatic rings. The number of hydrogen-bond donors (Lipinski definition) is 1. The first-order chi connectivity index (χ1) is 12.2. The molecule has 2 aliphatic rings. The van der Waals surface area contributed by atoms with Gasteiger partial charge in [0.05, 0.1) is 17.8 Å². The molecule has 0 radical (unpaired) electrons. The number of nitrogens with zero attached hydrogens (tertiary/aromatic N) is 3. The Morgan fingerprint density at radius 1 is 1.36 bits per heavy atom. The topological polar surface area (TPSA) is 57.7 Å². The zero-order valence-corrected chi connectivity index (χ0v) is 15.4. The molecule has 3 heterocycles. The first kappa shape index (κ1) is 18.1. The van der Waals surface area contributed by atoms with E-state index in [2.05, 4.69) is 35.1 Å². The van der Waals surface area contributed by atoms with Crippen LogP contribution < -0.4 is 5.32 Å². The van der Waals surface area contributed by atoms with Crippen molar-refractivity contribution in [2.24, 2.45) is 0 Å². The zero-order valence-electron chi connectivity index (χ0n) is 15.4. The maximum Gasteiger partial charge on any atom is 0.317 e. The van der Waals surface area contributed by atoms with Gasteiger partial charge in [0.2, 0.25) is 0 Å². The number of rotatable bonds is 5. The lowest BCUT2D eigenvalue weighted by Gasteiger charge is -2.38. The van der Waals surface area contributed by atoms with Crippen LogP contribution in [-0.4, -0.2) is 65.7 Å². The average Bonchev–Trinajstić information content (AvgIpc) is 3.20. The summed E-state index contributed by atoms with van der Waals surface area (Å²) < 4.78 is 5.74. The van der Waals surface area contributed by atoms with Gasteiger partial charge in [0, 0.05) is 45.0 Å². The summed E-state index contributed by atoms with van der Waals surface area (Å²) in [7, 11) is 0. The quantitative estimate of drug-likeness (QED) is 0.890. The predicted octanol–water partition coefficient (Wildman–Crippen LogP) is 2.43. The summed E-state index contributed by atoms with van der Waals surface area (Å²) in [5, 5.41) is 3.19. The second-order valence-corrected chi connectivity index (χ2v) is 6.97. The maximum absolute atomic E-state index is 12.6. The van der Waals surface area contributed by atoms with Gasteiger partial charge in [0.25, 0.3) is 0 Å². The highest BCUT2D eigenvalue weighted by Gasteiger charge is 2.29. The Labute approximate surface area is 150 Å². The van der Waals surface area contributed by atoms with Gasteiger partial charge < -0.3 is 15.0 Å². The Bertz CT molecular complexity index is 540. The lowest BCUT2D eigenvalue weighted by atomic mass is 10.1. The zero-order chi connectivity index (χ0) is 17.6. The van der Waals surface area contributed by atoms with Crippen LogP contribution in [0.4, 0.5) is 4.79 Å². The standard InChI is InChI=1S/C19H30N4O2/c1-3-16(18-8-6-14-25-18)21-19(24)23-12-10-22(11-13-23)15(2)17-7-4-5-9-20-17/h4-5,7,9,15-16,18H,3,6,8,10-14H2,1-2H3,(H,21,24)/t15-,16-,18-/m0/s1. The SMILES string of the molecule is CC[C@H](NC(=O)N1CCN([C@@H](C)c2ccccn2)CC1)[C@@H]1CCCO1. The number of piperazine rings is 1. The molecule has 1 aromatic heterocycles. The van der Waals surface area contributed by atoms with Crippen molar-refractivity contribution in [2.75, 3.05) is 32.8 Å². The highest BCUT2D eigenvalue weighted by molar-refractivity contribution is 5.74. The van der Waals surface area contributed by atoms with E-state index < -0.39 is 0 Å². The number of amides is 2. The molecular formula is C19H30N4O2. The van der Waals surface area contributed by atoms with Gasteiger partial charge in [0.15, 0.2) is 0 Å². The van der Waals surface area contributed by atoms with Crippen molar-refractivity contribution < 1.29 is 9.53 Å².